The van der Waals surface area contributed by atoms with Crippen molar-refractivity contribution < 1.29 is 14.3 Å². The Labute approximate surface area is 141 Å². The number of rotatable bonds is 2. The van der Waals surface area contributed by atoms with Crippen molar-refractivity contribution in [3.8, 4) is 0 Å². The quantitative estimate of drug-likeness (QED) is 0.708. The van der Waals surface area contributed by atoms with Crippen LogP contribution in [-0.4, -0.2) is 44.3 Å². The molecule has 1 aliphatic rings. The monoisotopic (exact) mass is 348 g/mol. The van der Waals surface area contributed by atoms with Gasteiger partial charge in [0.15, 0.2) is 11.4 Å². The average Bonchev–Trinajstić information content (AvgIpc) is 3.18. The van der Waals surface area contributed by atoms with Crippen molar-refractivity contribution in [2.24, 2.45) is 0 Å². The van der Waals surface area contributed by atoms with E-state index in [2.05, 4.69) is 15.0 Å². The van der Waals surface area contributed by atoms with Crippen LogP contribution in [0.3, 0.4) is 0 Å². The summed E-state index contributed by atoms with van der Waals surface area (Å²) in [6, 6.07) is 1.74. The van der Waals surface area contributed by atoms with Crippen molar-refractivity contribution in [1.82, 2.24) is 19.5 Å². The number of anilines is 2. The molecule has 0 saturated heterocycles. The number of hydrogen-bond acceptors (Lipinski definition) is 6. The largest absolute Gasteiger partial charge is 0.465 e. The van der Waals surface area contributed by atoms with E-state index in [0.29, 0.717) is 42.5 Å². The van der Waals surface area contributed by atoms with Crippen molar-refractivity contribution in [1.29, 1.82) is 0 Å². The lowest BCUT2D eigenvalue weighted by molar-refractivity contribution is 0.202. The van der Waals surface area contributed by atoms with Crippen LogP contribution in [-0.2, 0) is 13.1 Å². The predicted molar refractivity (Wildman–Crippen MR) is 86.5 cm³/mol. The normalized spacial score (nSPS) is 14.0. The summed E-state index contributed by atoms with van der Waals surface area (Å²) in [7, 11) is 1.47. The van der Waals surface area contributed by atoms with Crippen LogP contribution in [0, 0.1) is 0 Å². The van der Waals surface area contributed by atoms with E-state index in [1.165, 1.54) is 7.05 Å². The molecule has 4 rings (SSSR count). The van der Waals surface area contributed by atoms with Gasteiger partial charge in [0.05, 0.1) is 24.7 Å². The third-order valence-corrected chi connectivity index (χ3v) is 4.18. The molecule has 9 nitrogen and oxygen atoms in total. The highest BCUT2D eigenvalue weighted by Gasteiger charge is 2.26. The molecule has 1 aliphatic heterocycles. The van der Waals surface area contributed by atoms with Gasteiger partial charge >= 0.3 is 6.09 Å². The average molecular weight is 349 g/mol. The number of hydrogen-bond donors (Lipinski definition) is 1. The molecule has 1 amide bonds. The first-order valence-electron chi connectivity index (χ1n) is 7.21. The van der Waals surface area contributed by atoms with Crippen LogP contribution in [0.25, 0.3) is 11.1 Å². The first-order valence-corrected chi connectivity index (χ1v) is 7.59. The van der Waals surface area contributed by atoms with Gasteiger partial charge in [0.1, 0.15) is 5.52 Å². The lowest BCUT2D eigenvalue weighted by Gasteiger charge is -2.30. The Morgan fingerprint density at radius 2 is 2.25 bits per heavy atom. The zero-order valence-electron chi connectivity index (χ0n) is 12.7. The van der Waals surface area contributed by atoms with Crippen LogP contribution in [0.15, 0.2) is 22.9 Å². The van der Waals surface area contributed by atoms with Crippen LogP contribution in [0.5, 0.6) is 0 Å². The van der Waals surface area contributed by atoms with Crippen LogP contribution >= 0.6 is 11.6 Å². The van der Waals surface area contributed by atoms with Gasteiger partial charge in [-0.15, -0.1) is 0 Å². The van der Waals surface area contributed by atoms with E-state index >= 15 is 0 Å². The molecular weight excluding hydrogens is 336 g/mol. The molecule has 24 heavy (non-hydrogen) atoms. The summed E-state index contributed by atoms with van der Waals surface area (Å²) in [5, 5.41) is 9.29. The van der Waals surface area contributed by atoms with Crippen LogP contribution in [0.2, 0.25) is 5.28 Å². The molecule has 0 atom stereocenters. The summed E-state index contributed by atoms with van der Waals surface area (Å²) in [5.74, 6) is 1.02. The lowest BCUT2D eigenvalue weighted by Crippen LogP contribution is -2.36. The van der Waals surface area contributed by atoms with E-state index in [9.17, 15) is 4.79 Å². The second kappa shape index (κ2) is 5.38. The Balaban J connectivity index is 1.70. The van der Waals surface area contributed by atoms with Crippen molar-refractivity contribution in [2.75, 3.05) is 23.4 Å². The molecule has 4 heterocycles. The molecule has 0 spiro atoms. The fourth-order valence-corrected chi connectivity index (χ4v) is 3.01. The Hall–Kier alpha value is -2.81. The van der Waals surface area contributed by atoms with Crippen molar-refractivity contribution in [3.63, 3.8) is 0 Å². The fourth-order valence-electron chi connectivity index (χ4n) is 2.83. The Bertz CT molecular complexity index is 936. The third kappa shape index (κ3) is 2.24. The number of aromatic nitrogens is 4. The molecule has 0 radical (unpaired) electrons. The number of carbonyl (C=O) groups is 1. The second-order valence-electron chi connectivity index (χ2n) is 5.42. The van der Waals surface area contributed by atoms with E-state index in [4.69, 9.17) is 21.1 Å². The molecule has 0 bridgehead atoms. The van der Waals surface area contributed by atoms with Crippen molar-refractivity contribution in [2.45, 2.75) is 13.1 Å². The number of amides is 1. The van der Waals surface area contributed by atoms with Gasteiger partial charge in [0.25, 0.3) is 0 Å². The van der Waals surface area contributed by atoms with Crippen LogP contribution < -0.4 is 9.80 Å². The molecule has 3 aromatic rings. The molecule has 0 aliphatic carbocycles. The molecular formula is C14H13ClN6O3. The van der Waals surface area contributed by atoms with Gasteiger partial charge in [0, 0.05) is 26.2 Å². The van der Waals surface area contributed by atoms with Gasteiger partial charge in [-0.25, -0.2) is 14.8 Å². The molecule has 10 heteroatoms. The van der Waals surface area contributed by atoms with Gasteiger partial charge in [0.2, 0.25) is 11.2 Å². The third-order valence-electron chi connectivity index (χ3n) is 4.01. The molecule has 3 aromatic heterocycles. The van der Waals surface area contributed by atoms with Crippen molar-refractivity contribution >= 4 is 40.6 Å². The van der Waals surface area contributed by atoms with Gasteiger partial charge in [-0.3, -0.25) is 4.90 Å². The molecule has 124 valence electrons. The van der Waals surface area contributed by atoms with Gasteiger partial charge in [-0.05, 0) is 11.6 Å². The van der Waals surface area contributed by atoms with E-state index in [0.717, 1.165) is 10.6 Å². The molecule has 0 unspecified atom stereocenters. The number of nitrogens with zero attached hydrogens (tertiary/aromatic N) is 6. The predicted octanol–water partition coefficient (Wildman–Crippen LogP) is 2.21. The fraction of sp³-hybridized carbons (Fsp3) is 0.286. The smallest absolute Gasteiger partial charge is 0.413 e. The minimum atomic E-state index is -1.05. The highest BCUT2D eigenvalue weighted by Crippen LogP contribution is 2.30. The maximum atomic E-state index is 11.1. The summed E-state index contributed by atoms with van der Waals surface area (Å²) in [4.78, 5) is 26.9. The minimum Gasteiger partial charge on any atom is -0.465 e. The summed E-state index contributed by atoms with van der Waals surface area (Å²) < 4.78 is 7.37. The maximum Gasteiger partial charge on any atom is 0.413 e. The molecule has 0 saturated carbocycles. The number of carboxylic acid groups (broad SMARTS) is 1. The maximum absolute atomic E-state index is 11.1. The molecule has 0 aromatic carbocycles. The zero-order valence-corrected chi connectivity index (χ0v) is 13.4. The number of fused-ring (bicyclic) bond motifs is 2. The second-order valence-corrected chi connectivity index (χ2v) is 5.75. The number of imidazole rings is 1. The lowest BCUT2D eigenvalue weighted by atomic mass is 10.3. The highest BCUT2D eigenvalue weighted by molar-refractivity contribution is 6.28. The van der Waals surface area contributed by atoms with E-state index in [1.807, 2.05) is 9.47 Å². The van der Waals surface area contributed by atoms with Gasteiger partial charge in [-0.1, -0.05) is 0 Å². The topological polar surface area (TPSA) is 101 Å². The summed E-state index contributed by atoms with van der Waals surface area (Å²) in [5.41, 5.74) is 2.12. The highest BCUT2D eigenvalue weighted by atomic mass is 35.5. The Morgan fingerprint density at radius 1 is 1.42 bits per heavy atom. The van der Waals surface area contributed by atoms with Crippen molar-refractivity contribution in [3.05, 3.63) is 29.5 Å². The van der Waals surface area contributed by atoms with Crippen LogP contribution in [0.1, 0.15) is 5.69 Å². The first kappa shape index (κ1) is 14.8. The summed E-state index contributed by atoms with van der Waals surface area (Å²) >= 11 is 6.00. The first-order chi connectivity index (χ1) is 11.5. The summed E-state index contributed by atoms with van der Waals surface area (Å²) in [6.45, 7) is 1.71. The van der Waals surface area contributed by atoms with E-state index in [-0.39, 0.29) is 5.28 Å². The SMILES string of the molecule is CN(C(=O)O)c1ncc2n1CCN(c1nc(Cl)nc3ccoc13)C2. The van der Waals surface area contributed by atoms with E-state index < -0.39 is 6.09 Å². The standard InChI is InChI=1S/C14H13ClN6O3/c1-19(14(22)23)13-16-6-8-7-20(3-4-21(8)13)11-10-9(2-5-24-10)17-12(15)18-11/h2,5-6H,3-4,7H2,1H3,(H,22,23). The van der Waals surface area contributed by atoms with Gasteiger partial charge < -0.3 is 19.0 Å². The zero-order chi connectivity index (χ0) is 16.8. The van der Waals surface area contributed by atoms with E-state index in [1.54, 1.807) is 18.5 Å². The molecule has 0 fully saturated rings. The molecule has 1 N–H and O–H groups in total. The Kier molecular flexibility index (Phi) is 3.31. The Morgan fingerprint density at radius 3 is 3.04 bits per heavy atom. The number of furan rings is 1. The van der Waals surface area contributed by atoms with Gasteiger partial charge in [-0.2, -0.15) is 4.98 Å². The minimum absolute atomic E-state index is 0.157. The summed E-state index contributed by atoms with van der Waals surface area (Å²) in [6.07, 6.45) is 2.17. The van der Waals surface area contributed by atoms with Crippen LogP contribution in [0.4, 0.5) is 16.6 Å². The number of halogens is 1.